The van der Waals surface area contributed by atoms with E-state index in [1.807, 2.05) is 60.7 Å². The number of ether oxygens (including phenoxy) is 2. The van der Waals surface area contributed by atoms with E-state index in [4.69, 9.17) is 19.7 Å². The van der Waals surface area contributed by atoms with Crippen LogP contribution in [0.4, 0.5) is 9.59 Å². The smallest absolute Gasteiger partial charge is 0.410 e. The molecule has 10 heteroatoms. The van der Waals surface area contributed by atoms with E-state index in [-0.39, 0.29) is 25.3 Å². The van der Waals surface area contributed by atoms with Crippen LogP contribution in [-0.4, -0.2) is 69.3 Å². The first kappa shape index (κ1) is 30.5. The fourth-order valence-corrected chi connectivity index (χ4v) is 5.07. The quantitative estimate of drug-likeness (QED) is 0.509. The normalized spacial score (nSPS) is 22.4. The summed E-state index contributed by atoms with van der Waals surface area (Å²) in [5.41, 5.74) is 1.83. The zero-order valence-electron chi connectivity index (χ0n) is 23.0. The van der Waals surface area contributed by atoms with Gasteiger partial charge < -0.3 is 29.5 Å². The van der Waals surface area contributed by atoms with Gasteiger partial charge >= 0.3 is 24.1 Å². The van der Waals surface area contributed by atoms with Crippen molar-refractivity contribution in [2.24, 2.45) is 11.8 Å². The van der Waals surface area contributed by atoms with Gasteiger partial charge in [-0.25, -0.2) is 9.59 Å². The Morgan fingerprint density at radius 1 is 0.675 bits per heavy atom. The topological polar surface area (TPSA) is 134 Å². The van der Waals surface area contributed by atoms with Crippen molar-refractivity contribution >= 4 is 24.1 Å². The molecule has 2 amide bonds. The van der Waals surface area contributed by atoms with Crippen LogP contribution in [0.5, 0.6) is 0 Å². The highest BCUT2D eigenvalue weighted by atomic mass is 16.6. The second-order valence-electron chi connectivity index (χ2n) is 10.1. The minimum atomic E-state index is -0.849. The number of carbonyl (C=O) groups is 4. The highest BCUT2D eigenvalue weighted by Gasteiger charge is 2.37. The third-order valence-corrected chi connectivity index (χ3v) is 7.49. The molecule has 10 nitrogen and oxygen atoms in total. The Labute approximate surface area is 234 Å². The Bertz CT molecular complexity index is 1040. The molecule has 40 heavy (non-hydrogen) atoms. The van der Waals surface area contributed by atoms with Crippen LogP contribution in [-0.2, 0) is 32.3 Å². The van der Waals surface area contributed by atoms with Crippen LogP contribution in [0, 0.1) is 11.8 Å². The van der Waals surface area contributed by atoms with Crippen LogP contribution >= 0.6 is 0 Å². The van der Waals surface area contributed by atoms with E-state index in [9.17, 15) is 19.2 Å². The van der Waals surface area contributed by atoms with Crippen LogP contribution in [0.2, 0.25) is 0 Å². The largest absolute Gasteiger partial charge is 0.481 e. The molecule has 0 aromatic heterocycles. The summed E-state index contributed by atoms with van der Waals surface area (Å²) in [6.45, 7) is 5.06. The maximum atomic E-state index is 12.1. The van der Waals surface area contributed by atoms with Crippen molar-refractivity contribution in [2.75, 3.05) is 13.1 Å². The first-order chi connectivity index (χ1) is 19.2. The molecule has 2 fully saturated rings. The van der Waals surface area contributed by atoms with Crippen molar-refractivity contribution in [3.63, 3.8) is 0 Å². The highest BCUT2D eigenvalue weighted by molar-refractivity contribution is 5.74. The van der Waals surface area contributed by atoms with Crippen molar-refractivity contribution in [3.8, 4) is 0 Å². The highest BCUT2D eigenvalue weighted by Crippen LogP contribution is 2.25. The van der Waals surface area contributed by atoms with Crippen molar-refractivity contribution in [2.45, 2.75) is 64.8 Å². The van der Waals surface area contributed by atoms with Gasteiger partial charge in [-0.3, -0.25) is 9.59 Å². The number of hydrogen-bond acceptors (Lipinski definition) is 6. The van der Waals surface area contributed by atoms with Crippen molar-refractivity contribution in [1.82, 2.24) is 9.80 Å². The van der Waals surface area contributed by atoms with E-state index in [2.05, 4.69) is 0 Å². The standard InChI is InChI=1S/2C15H19NO4/c2*1-11-13(14(17)18)8-5-9-16(11)15(19)20-10-12-6-3-2-4-7-12/h2*2-4,6-7,11,13H,5,8-10H2,1H3,(H,17,18)/t2*11-,13+/m10/s1. The predicted molar refractivity (Wildman–Crippen MR) is 146 cm³/mol. The van der Waals surface area contributed by atoms with E-state index in [0.717, 1.165) is 11.1 Å². The minimum absolute atomic E-state index is 0.209. The second kappa shape index (κ2) is 14.9. The molecule has 4 atom stereocenters. The van der Waals surface area contributed by atoms with Gasteiger partial charge in [0, 0.05) is 25.2 Å². The fraction of sp³-hybridized carbons (Fsp3) is 0.467. The van der Waals surface area contributed by atoms with Gasteiger partial charge in [-0.15, -0.1) is 0 Å². The molecule has 0 bridgehead atoms. The molecule has 2 aliphatic rings. The summed E-state index contributed by atoms with van der Waals surface area (Å²) in [5.74, 6) is -2.71. The number of aliphatic carboxylic acids is 2. The van der Waals surface area contributed by atoms with Gasteiger partial charge in [0.15, 0.2) is 0 Å². The summed E-state index contributed by atoms with van der Waals surface area (Å²) in [6, 6.07) is 18.2. The molecule has 0 saturated carbocycles. The molecule has 216 valence electrons. The third-order valence-electron chi connectivity index (χ3n) is 7.49. The molecule has 0 radical (unpaired) electrons. The lowest BCUT2D eigenvalue weighted by Crippen LogP contribution is -2.49. The first-order valence-electron chi connectivity index (χ1n) is 13.6. The Morgan fingerprint density at radius 3 is 1.35 bits per heavy atom. The van der Waals surface area contributed by atoms with Gasteiger partial charge in [0.1, 0.15) is 13.2 Å². The molecular formula is C30H38N2O8. The summed E-state index contributed by atoms with van der Waals surface area (Å²) in [5, 5.41) is 18.3. The Morgan fingerprint density at radius 2 is 1.02 bits per heavy atom. The third kappa shape index (κ3) is 8.46. The SMILES string of the molecule is C[C@@H]1[C@@H](C(=O)O)CCCN1C(=O)OCc1ccccc1.C[C@H]1[C@H](C(=O)O)CCCN1C(=O)OCc1ccccc1. The Kier molecular flexibility index (Phi) is 11.4. The number of hydrogen-bond donors (Lipinski definition) is 2. The summed E-state index contributed by atoms with van der Waals surface area (Å²) in [7, 11) is 0. The van der Waals surface area contributed by atoms with Gasteiger partial charge in [0.2, 0.25) is 0 Å². The number of carbonyl (C=O) groups excluding carboxylic acids is 2. The van der Waals surface area contributed by atoms with Gasteiger partial charge in [0.05, 0.1) is 11.8 Å². The fourth-order valence-electron chi connectivity index (χ4n) is 5.07. The number of benzene rings is 2. The van der Waals surface area contributed by atoms with E-state index in [1.165, 1.54) is 9.80 Å². The number of rotatable bonds is 6. The van der Waals surface area contributed by atoms with Crippen LogP contribution in [0.1, 0.15) is 50.7 Å². The lowest BCUT2D eigenvalue weighted by Gasteiger charge is -2.36. The molecule has 2 aromatic carbocycles. The number of amides is 2. The van der Waals surface area contributed by atoms with Crippen molar-refractivity contribution in [1.29, 1.82) is 0 Å². The molecule has 2 N–H and O–H groups in total. The number of likely N-dealkylation sites (tertiary alicyclic amines) is 2. The predicted octanol–water partition coefficient (Wildman–Crippen LogP) is 5.02. The first-order valence-corrected chi connectivity index (χ1v) is 13.6. The van der Waals surface area contributed by atoms with E-state index in [1.54, 1.807) is 13.8 Å². The van der Waals surface area contributed by atoms with Gasteiger partial charge in [-0.1, -0.05) is 60.7 Å². The van der Waals surface area contributed by atoms with Crippen LogP contribution in [0.15, 0.2) is 60.7 Å². The maximum Gasteiger partial charge on any atom is 0.410 e. The number of piperidine rings is 2. The maximum absolute atomic E-state index is 12.1. The number of carboxylic acid groups (broad SMARTS) is 2. The van der Waals surface area contributed by atoms with Gasteiger partial charge in [-0.2, -0.15) is 0 Å². The van der Waals surface area contributed by atoms with Crippen LogP contribution in [0.25, 0.3) is 0 Å². The molecule has 0 spiro atoms. The van der Waals surface area contributed by atoms with E-state index < -0.39 is 36.0 Å². The Balaban J connectivity index is 0.000000220. The van der Waals surface area contributed by atoms with Gasteiger partial charge in [-0.05, 0) is 50.7 Å². The average molecular weight is 555 g/mol. The number of nitrogens with zero attached hydrogens (tertiary/aromatic N) is 2. The molecule has 0 aliphatic carbocycles. The summed E-state index contributed by atoms with van der Waals surface area (Å²) >= 11 is 0. The molecule has 2 aromatic rings. The summed E-state index contributed by atoms with van der Waals surface area (Å²) in [6.07, 6.45) is 1.74. The van der Waals surface area contributed by atoms with Crippen LogP contribution < -0.4 is 0 Å². The summed E-state index contributed by atoms with van der Waals surface area (Å²) < 4.78 is 10.5. The zero-order chi connectivity index (χ0) is 29.1. The van der Waals surface area contributed by atoms with Crippen molar-refractivity contribution in [3.05, 3.63) is 71.8 Å². The minimum Gasteiger partial charge on any atom is -0.481 e. The van der Waals surface area contributed by atoms with E-state index in [0.29, 0.717) is 38.8 Å². The molecule has 4 rings (SSSR count). The Hall–Kier alpha value is -4.08. The monoisotopic (exact) mass is 554 g/mol. The molecule has 2 heterocycles. The zero-order valence-corrected chi connectivity index (χ0v) is 23.0. The van der Waals surface area contributed by atoms with Crippen LogP contribution in [0.3, 0.4) is 0 Å². The molecule has 0 unspecified atom stereocenters. The van der Waals surface area contributed by atoms with Crippen molar-refractivity contribution < 1.29 is 38.9 Å². The lowest BCUT2D eigenvalue weighted by molar-refractivity contribution is -0.146. The van der Waals surface area contributed by atoms with E-state index >= 15 is 0 Å². The lowest BCUT2D eigenvalue weighted by atomic mass is 9.91. The summed E-state index contributed by atoms with van der Waals surface area (Å²) in [4.78, 5) is 49.4. The second-order valence-corrected chi connectivity index (χ2v) is 10.1. The molecular weight excluding hydrogens is 516 g/mol. The average Bonchev–Trinajstić information content (AvgIpc) is 2.96. The molecule has 2 saturated heterocycles. The number of carboxylic acids is 2. The molecule has 2 aliphatic heterocycles. The van der Waals surface area contributed by atoms with Gasteiger partial charge in [0.25, 0.3) is 0 Å².